The molecule has 1 aliphatic rings. The van der Waals surface area contributed by atoms with Crippen molar-refractivity contribution >= 4 is 5.69 Å². The molecular weight excluding hydrogens is 224 g/mol. The van der Waals surface area contributed by atoms with Gasteiger partial charge in [0, 0.05) is 12.1 Å². The van der Waals surface area contributed by atoms with Crippen molar-refractivity contribution in [1.29, 1.82) is 5.26 Å². The fourth-order valence-corrected chi connectivity index (χ4v) is 2.13. The summed E-state index contributed by atoms with van der Waals surface area (Å²) in [5.74, 6) is -1.50. The molecule has 2 rings (SSSR count). The first-order chi connectivity index (χ1) is 8.11. The lowest BCUT2D eigenvalue weighted by Crippen LogP contribution is -2.35. The first-order valence-electron chi connectivity index (χ1n) is 5.53. The first-order valence-corrected chi connectivity index (χ1v) is 5.53. The highest BCUT2D eigenvalue weighted by Gasteiger charge is 2.25. The SMILES string of the molecule is N#Cc1cc(F)c(NC2CCCC2N)c(F)c1. The molecule has 5 heteroatoms. The van der Waals surface area contributed by atoms with E-state index in [4.69, 9.17) is 11.0 Å². The van der Waals surface area contributed by atoms with Crippen LogP contribution in [0.3, 0.4) is 0 Å². The van der Waals surface area contributed by atoms with Crippen LogP contribution in [0.15, 0.2) is 12.1 Å². The molecule has 0 saturated heterocycles. The standard InChI is InChI=1S/C12H13F2N3/c13-8-4-7(6-15)5-9(14)12(8)17-11-3-1-2-10(11)16/h4-5,10-11,17H,1-3,16H2. The molecule has 0 spiro atoms. The first kappa shape index (κ1) is 11.8. The molecule has 2 atom stereocenters. The van der Waals surface area contributed by atoms with Gasteiger partial charge in [-0.15, -0.1) is 0 Å². The topological polar surface area (TPSA) is 61.8 Å². The van der Waals surface area contributed by atoms with Gasteiger partial charge in [-0.3, -0.25) is 0 Å². The second-order valence-corrected chi connectivity index (χ2v) is 4.27. The van der Waals surface area contributed by atoms with Crippen LogP contribution < -0.4 is 11.1 Å². The molecule has 1 aromatic rings. The summed E-state index contributed by atoms with van der Waals surface area (Å²) < 4.78 is 27.2. The molecule has 0 amide bonds. The lowest BCUT2D eigenvalue weighted by Gasteiger charge is -2.19. The highest BCUT2D eigenvalue weighted by molar-refractivity contribution is 5.51. The summed E-state index contributed by atoms with van der Waals surface area (Å²) in [6.45, 7) is 0. The normalized spacial score (nSPS) is 23.4. The Morgan fingerprint density at radius 2 is 1.94 bits per heavy atom. The molecule has 0 heterocycles. The van der Waals surface area contributed by atoms with E-state index in [0.29, 0.717) is 0 Å². The molecule has 0 aromatic heterocycles. The van der Waals surface area contributed by atoms with Crippen LogP contribution in [0.2, 0.25) is 0 Å². The van der Waals surface area contributed by atoms with Gasteiger partial charge < -0.3 is 11.1 Å². The van der Waals surface area contributed by atoms with Crippen molar-refractivity contribution in [3.8, 4) is 6.07 Å². The molecule has 1 aliphatic carbocycles. The highest BCUT2D eigenvalue weighted by Crippen LogP contribution is 2.26. The molecule has 90 valence electrons. The minimum Gasteiger partial charge on any atom is -0.376 e. The van der Waals surface area contributed by atoms with Crippen molar-refractivity contribution in [2.45, 2.75) is 31.3 Å². The lowest BCUT2D eigenvalue weighted by atomic mass is 10.1. The number of nitriles is 1. The van der Waals surface area contributed by atoms with Crippen LogP contribution in [0.1, 0.15) is 24.8 Å². The summed E-state index contributed by atoms with van der Waals surface area (Å²) in [4.78, 5) is 0. The van der Waals surface area contributed by atoms with Gasteiger partial charge in [-0.05, 0) is 31.4 Å². The minimum absolute atomic E-state index is 0.0266. The molecule has 17 heavy (non-hydrogen) atoms. The Labute approximate surface area is 98.2 Å². The zero-order valence-electron chi connectivity index (χ0n) is 9.21. The average molecular weight is 237 g/mol. The Balaban J connectivity index is 2.24. The zero-order chi connectivity index (χ0) is 12.4. The van der Waals surface area contributed by atoms with Gasteiger partial charge in [-0.2, -0.15) is 5.26 Å². The predicted octanol–water partition coefficient (Wildman–Crippen LogP) is 2.13. The van der Waals surface area contributed by atoms with Crippen molar-refractivity contribution in [2.24, 2.45) is 5.73 Å². The fraction of sp³-hybridized carbons (Fsp3) is 0.417. The van der Waals surface area contributed by atoms with Gasteiger partial charge in [0.1, 0.15) is 5.69 Å². The molecule has 0 radical (unpaired) electrons. The molecular formula is C12H13F2N3. The van der Waals surface area contributed by atoms with Crippen molar-refractivity contribution in [2.75, 3.05) is 5.32 Å². The Bertz CT molecular complexity index is 444. The van der Waals surface area contributed by atoms with Crippen molar-refractivity contribution in [3.05, 3.63) is 29.3 Å². The van der Waals surface area contributed by atoms with Crippen molar-refractivity contribution in [1.82, 2.24) is 0 Å². The Kier molecular flexibility index (Phi) is 3.25. The Morgan fingerprint density at radius 1 is 1.29 bits per heavy atom. The van der Waals surface area contributed by atoms with E-state index in [-0.39, 0.29) is 23.3 Å². The van der Waals surface area contributed by atoms with Gasteiger partial charge in [-0.1, -0.05) is 0 Å². The van der Waals surface area contributed by atoms with Gasteiger partial charge in [0.2, 0.25) is 0 Å². The van der Waals surface area contributed by atoms with Gasteiger partial charge in [0.25, 0.3) is 0 Å². The Hall–Kier alpha value is -1.67. The van der Waals surface area contributed by atoms with E-state index in [9.17, 15) is 8.78 Å². The van der Waals surface area contributed by atoms with Gasteiger partial charge in [0.05, 0.1) is 11.6 Å². The summed E-state index contributed by atoms with van der Waals surface area (Å²) in [6, 6.07) is 3.56. The monoisotopic (exact) mass is 237 g/mol. The number of nitrogens with two attached hydrogens (primary N) is 1. The van der Waals surface area contributed by atoms with Crippen LogP contribution in [0.5, 0.6) is 0 Å². The third-order valence-corrected chi connectivity index (χ3v) is 3.07. The van der Waals surface area contributed by atoms with E-state index in [2.05, 4.69) is 5.32 Å². The second-order valence-electron chi connectivity index (χ2n) is 4.27. The molecule has 1 saturated carbocycles. The molecule has 1 aromatic carbocycles. The van der Waals surface area contributed by atoms with Crippen molar-refractivity contribution < 1.29 is 8.78 Å². The third kappa shape index (κ3) is 2.37. The van der Waals surface area contributed by atoms with Crippen LogP contribution >= 0.6 is 0 Å². The number of benzene rings is 1. The zero-order valence-corrected chi connectivity index (χ0v) is 9.21. The number of nitrogens with zero attached hydrogens (tertiary/aromatic N) is 1. The quantitative estimate of drug-likeness (QED) is 0.828. The smallest absolute Gasteiger partial charge is 0.150 e. The number of hydrogen-bond donors (Lipinski definition) is 2. The predicted molar refractivity (Wildman–Crippen MR) is 60.3 cm³/mol. The summed E-state index contributed by atoms with van der Waals surface area (Å²) >= 11 is 0. The Morgan fingerprint density at radius 3 is 2.41 bits per heavy atom. The summed E-state index contributed by atoms with van der Waals surface area (Å²) in [7, 11) is 0. The maximum Gasteiger partial charge on any atom is 0.150 e. The lowest BCUT2D eigenvalue weighted by molar-refractivity contribution is 0.571. The fourth-order valence-electron chi connectivity index (χ4n) is 2.13. The molecule has 1 fully saturated rings. The molecule has 0 aliphatic heterocycles. The molecule has 3 N–H and O–H groups in total. The van der Waals surface area contributed by atoms with E-state index in [1.165, 1.54) is 0 Å². The van der Waals surface area contributed by atoms with Crippen LogP contribution in [0, 0.1) is 23.0 Å². The van der Waals surface area contributed by atoms with E-state index < -0.39 is 11.6 Å². The van der Waals surface area contributed by atoms with Crippen LogP contribution in [0.4, 0.5) is 14.5 Å². The van der Waals surface area contributed by atoms with Crippen LogP contribution in [0.25, 0.3) is 0 Å². The van der Waals surface area contributed by atoms with E-state index in [1.54, 1.807) is 6.07 Å². The summed E-state index contributed by atoms with van der Waals surface area (Å²) in [6.07, 6.45) is 2.62. The third-order valence-electron chi connectivity index (χ3n) is 3.07. The van der Waals surface area contributed by atoms with Crippen LogP contribution in [-0.2, 0) is 0 Å². The van der Waals surface area contributed by atoms with E-state index >= 15 is 0 Å². The van der Waals surface area contributed by atoms with E-state index in [1.807, 2.05) is 0 Å². The summed E-state index contributed by atoms with van der Waals surface area (Å²) in [5.41, 5.74) is 5.61. The molecule has 2 unspecified atom stereocenters. The minimum atomic E-state index is -0.749. The average Bonchev–Trinajstić information content (AvgIpc) is 2.69. The number of rotatable bonds is 2. The summed E-state index contributed by atoms with van der Waals surface area (Å²) in [5, 5.41) is 11.4. The van der Waals surface area contributed by atoms with Crippen LogP contribution in [-0.4, -0.2) is 12.1 Å². The van der Waals surface area contributed by atoms with E-state index in [0.717, 1.165) is 31.4 Å². The number of halogens is 2. The van der Waals surface area contributed by atoms with Gasteiger partial charge in [-0.25, -0.2) is 8.78 Å². The maximum absolute atomic E-state index is 13.6. The largest absolute Gasteiger partial charge is 0.376 e. The number of hydrogen-bond acceptors (Lipinski definition) is 3. The second kappa shape index (κ2) is 4.68. The molecule has 3 nitrogen and oxygen atoms in total. The number of anilines is 1. The highest BCUT2D eigenvalue weighted by atomic mass is 19.1. The molecule has 0 bridgehead atoms. The maximum atomic E-state index is 13.6. The van der Waals surface area contributed by atoms with Gasteiger partial charge >= 0.3 is 0 Å². The van der Waals surface area contributed by atoms with Gasteiger partial charge in [0.15, 0.2) is 11.6 Å². The number of nitrogens with one attached hydrogen (secondary N) is 1. The van der Waals surface area contributed by atoms with Crippen molar-refractivity contribution in [3.63, 3.8) is 0 Å².